The number of nitrogens with zero attached hydrogens (tertiary/aromatic N) is 1. The molecule has 4 nitrogen and oxygen atoms in total. The third-order valence-corrected chi connectivity index (χ3v) is 5.60. The van der Waals surface area contributed by atoms with Gasteiger partial charge in [-0.05, 0) is 37.5 Å². The molecule has 1 aliphatic rings. The highest BCUT2D eigenvalue weighted by Gasteiger charge is 2.26. The van der Waals surface area contributed by atoms with Crippen LogP contribution in [0.1, 0.15) is 25.3 Å². The van der Waals surface area contributed by atoms with Crippen molar-refractivity contribution in [1.82, 2.24) is 9.62 Å². The van der Waals surface area contributed by atoms with Crippen LogP contribution in [-0.4, -0.2) is 37.6 Å². The Labute approximate surface area is 120 Å². The van der Waals surface area contributed by atoms with Crippen LogP contribution in [0.5, 0.6) is 0 Å². The Kier molecular flexibility index (Phi) is 5.12. The van der Waals surface area contributed by atoms with Crippen LogP contribution in [0, 0.1) is 5.82 Å². The summed E-state index contributed by atoms with van der Waals surface area (Å²) in [5, 5.41) is 3.40. The van der Waals surface area contributed by atoms with Gasteiger partial charge in [0.25, 0.3) is 0 Å². The van der Waals surface area contributed by atoms with Crippen molar-refractivity contribution < 1.29 is 12.8 Å². The molecule has 6 heteroatoms. The van der Waals surface area contributed by atoms with Crippen LogP contribution < -0.4 is 5.32 Å². The third kappa shape index (κ3) is 4.01. The minimum Gasteiger partial charge on any atom is -0.310 e. The van der Waals surface area contributed by atoms with Crippen molar-refractivity contribution >= 4 is 10.0 Å². The van der Waals surface area contributed by atoms with Crippen LogP contribution in [0.15, 0.2) is 24.3 Å². The highest BCUT2D eigenvalue weighted by molar-refractivity contribution is 7.89. The molecule has 1 aromatic carbocycles. The number of piperidine rings is 1. The largest absolute Gasteiger partial charge is 0.310 e. The average Bonchev–Trinajstić information content (AvgIpc) is 2.47. The van der Waals surface area contributed by atoms with Gasteiger partial charge in [-0.25, -0.2) is 17.1 Å². The first-order valence-corrected chi connectivity index (χ1v) is 8.58. The van der Waals surface area contributed by atoms with Crippen molar-refractivity contribution in [1.29, 1.82) is 0 Å². The lowest BCUT2D eigenvalue weighted by Crippen LogP contribution is -2.45. The molecule has 0 amide bonds. The van der Waals surface area contributed by atoms with Gasteiger partial charge in [0.2, 0.25) is 10.0 Å². The van der Waals surface area contributed by atoms with Crippen LogP contribution in [-0.2, 0) is 16.6 Å². The standard InChI is InChI=1S/C14H21FN2O2S/c1-2-20(18,19)17-9-7-14(8-10-17)16-11-12-3-5-13(15)6-4-12/h3-6,14,16H,2,7-11H2,1H3. The van der Waals surface area contributed by atoms with Gasteiger partial charge in [0.15, 0.2) is 0 Å². The van der Waals surface area contributed by atoms with Crippen LogP contribution in [0.25, 0.3) is 0 Å². The molecule has 0 aromatic heterocycles. The van der Waals surface area contributed by atoms with Gasteiger partial charge in [0, 0.05) is 25.7 Å². The van der Waals surface area contributed by atoms with Crippen LogP contribution in [0.2, 0.25) is 0 Å². The molecular weight excluding hydrogens is 279 g/mol. The fourth-order valence-electron chi connectivity index (χ4n) is 2.39. The molecule has 1 aromatic rings. The molecule has 1 aliphatic heterocycles. The van der Waals surface area contributed by atoms with Gasteiger partial charge in [0.05, 0.1) is 5.75 Å². The number of hydrogen-bond acceptors (Lipinski definition) is 3. The SMILES string of the molecule is CCS(=O)(=O)N1CCC(NCc2ccc(F)cc2)CC1. The van der Waals surface area contributed by atoms with E-state index in [0.717, 1.165) is 18.4 Å². The normalized spacial score (nSPS) is 18.3. The summed E-state index contributed by atoms with van der Waals surface area (Å²) >= 11 is 0. The fraction of sp³-hybridized carbons (Fsp3) is 0.571. The lowest BCUT2D eigenvalue weighted by Gasteiger charge is -2.31. The quantitative estimate of drug-likeness (QED) is 0.901. The van der Waals surface area contributed by atoms with E-state index in [1.807, 2.05) is 0 Å². The topological polar surface area (TPSA) is 49.4 Å². The summed E-state index contributed by atoms with van der Waals surface area (Å²) < 4.78 is 37.8. The Morgan fingerprint density at radius 1 is 1.25 bits per heavy atom. The summed E-state index contributed by atoms with van der Waals surface area (Å²) in [5.74, 6) is -0.0625. The van der Waals surface area contributed by atoms with Gasteiger partial charge in [-0.1, -0.05) is 12.1 Å². The van der Waals surface area contributed by atoms with E-state index in [2.05, 4.69) is 5.32 Å². The minimum atomic E-state index is -3.05. The van der Waals surface area contributed by atoms with Crippen molar-refractivity contribution in [3.63, 3.8) is 0 Å². The second kappa shape index (κ2) is 6.65. The molecule has 1 fully saturated rings. The van der Waals surface area contributed by atoms with Gasteiger partial charge in [-0.2, -0.15) is 0 Å². The van der Waals surface area contributed by atoms with E-state index >= 15 is 0 Å². The summed E-state index contributed by atoms with van der Waals surface area (Å²) in [5.41, 5.74) is 1.04. The molecule has 0 radical (unpaired) electrons. The van der Waals surface area contributed by atoms with E-state index in [9.17, 15) is 12.8 Å². The first-order valence-electron chi connectivity index (χ1n) is 6.97. The number of hydrogen-bond donors (Lipinski definition) is 1. The zero-order valence-corrected chi connectivity index (χ0v) is 12.5. The van der Waals surface area contributed by atoms with Crippen molar-refractivity contribution in [2.45, 2.75) is 32.4 Å². The van der Waals surface area contributed by atoms with Crippen molar-refractivity contribution in [3.8, 4) is 0 Å². The van der Waals surface area contributed by atoms with Crippen LogP contribution >= 0.6 is 0 Å². The smallest absolute Gasteiger partial charge is 0.213 e. The molecule has 0 bridgehead atoms. The Balaban J connectivity index is 1.79. The third-order valence-electron chi connectivity index (χ3n) is 3.72. The number of benzene rings is 1. The zero-order chi connectivity index (χ0) is 14.6. The van der Waals surface area contributed by atoms with Gasteiger partial charge in [0.1, 0.15) is 5.82 Å². The summed E-state index contributed by atoms with van der Waals surface area (Å²) in [6.07, 6.45) is 1.64. The van der Waals surface area contributed by atoms with E-state index < -0.39 is 10.0 Å². The molecule has 1 heterocycles. The van der Waals surface area contributed by atoms with E-state index in [4.69, 9.17) is 0 Å². The highest BCUT2D eigenvalue weighted by atomic mass is 32.2. The second-order valence-corrected chi connectivity index (χ2v) is 7.34. The van der Waals surface area contributed by atoms with Crippen molar-refractivity contribution in [2.75, 3.05) is 18.8 Å². The van der Waals surface area contributed by atoms with E-state index in [1.54, 1.807) is 23.4 Å². The molecule has 0 atom stereocenters. The van der Waals surface area contributed by atoms with Crippen molar-refractivity contribution in [2.24, 2.45) is 0 Å². The molecule has 0 spiro atoms. The second-order valence-electron chi connectivity index (χ2n) is 5.08. The Morgan fingerprint density at radius 3 is 2.40 bits per heavy atom. The summed E-state index contributed by atoms with van der Waals surface area (Å²) in [7, 11) is -3.05. The minimum absolute atomic E-state index is 0.167. The van der Waals surface area contributed by atoms with Crippen LogP contribution in [0.3, 0.4) is 0 Å². The predicted octanol–water partition coefficient (Wildman–Crippen LogP) is 1.73. The Bertz CT molecular complexity index is 523. The zero-order valence-electron chi connectivity index (χ0n) is 11.7. The lowest BCUT2D eigenvalue weighted by molar-refractivity contribution is 0.289. The highest BCUT2D eigenvalue weighted by Crippen LogP contribution is 2.15. The summed E-state index contributed by atoms with van der Waals surface area (Å²) in [6.45, 7) is 3.52. The molecule has 20 heavy (non-hydrogen) atoms. The number of nitrogens with one attached hydrogen (secondary N) is 1. The molecular formula is C14H21FN2O2S. The first kappa shape index (κ1) is 15.4. The molecule has 0 saturated carbocycles. The molecule has 2 rings (SSSR count). The lowest BCUT2D eigenvalue weighted by atomic mass is 10.1. The van der Waals surface area contributed by atoms with E-state index in [-0.39, 0.29) is 11.6 Å². The molecule has 112 valence electrons. The number of sulfonamides is 1. The fourth-order valence-corrected chi connectivity index (χ4v) is 3.52. The Hall–Kier alpha value is -0.980. The van der Waals surface area contributed by atoms with Crippen molar-refractivity contribution in [3.05, 3.63) is 35.6 Å². The Morgan fingerprint density at radius 2 is 1.85 bits per heavy atom. The molecule has 0 aliphatic carbocycles. The van der Waals surface area contributed by atoms with Gasteiger partial charge in [-0.15, -0.1) is 0 Å². The van der Waals surface area contributed by atoms with Gasteiger partial charge in [-0.3, -0.25) is 0 Å². The van der Waals surface area contributed by atoms with Gasteiger partial charge >= 0.3 is 0 Å². The summed E-state index contributed by atoms with van der Waals surface area (Å²) in [6, 6.07) is 6.75. The van der Waals surface area contributed by atoms with Crippen LogP contribution in [0.4, 0.5) is 4.39 Å². The maximum Gasteiger partial charge on any atom is 0.213 e. The maximum atomic E-state index is 12.8. The molecule has 1 N–H and O–H groups in total. The first-order chi connectivity index (χ1) is 9.51. The number of halogens is 1. The maximum absolute atomic E-state index is 12.8. The number of rotatable bonds is 5. The summed E-state index contributed by atoms with van der Waals surface area (Å²) in [4.78, 5) is 0. The van der Waals surface area contributed by atoms with E-state index in [1.165, 1.54) is 12.1 Å². The van der Waals surface area contributed by atoms with E-state index in [0.29, 0.717) is 25.7 Å². The van der Waals surface area contributed by atoms with Gasteiger partial charge < -0.3 is 5.32 Å². The monoisotopic (exact) mass is 300 g/mol. The molecule has 0 unspecified atom stereocenters. The predicted molar refractivity (Wildman–Crippen MR) is 77.3 cm³/mol. The average molecular weight is 300 g/mol. The molecule has 1 saturated heterocycles.